The van der Waals surface area contributed by atoms with Crippen LogP contribution in [0, 0.1) is 0 Å². The van der Waals surface area contributed by atoms with Crippen molar-refractivity contribution in [2.24, 2.45) is 0 Å². The van der Waals surface area contributed by atoms with Crippen LogP contribution in [0.25, 0.3) is 0 Å². The van der Waals surface area contributed by atoms with Crippen molar-refractivity contribution < 1.29 is 35.9 Å². The summed E-state index contributed by atoms with van der Waals surface area (Å²) in [6.45, 7) is 0.392. The molecule has 0 bridgehead atoms. The van der Waals surface area contributed by atoms with Gasteiger partial charge in [-0.1, -0.05) is 0 Å². The third kappa shape index (κ3) is 5.46. The zero-order valence-electron chi connectivity index (χ0n) is 13.6. The molecule has 1 aromatic carbocycles. The van der Waals surface area contributed by atoms with Crippen LogP contribution in [0.2, 0.25) is 0 Å². The number of benzene rings is 1. The Balaban J connectivity index is 2.19. The molecule has 146 valence electrons. The van der Waals surface area contributed by atoms with Crippen molar-refractivity contribution in [1.82, 2.24) is 9.78 Å². The minimum Gasteiger partial charge on any atom is -0.326 e. The van der Waals surface area contributed by atoms with Crippen LogP contribution >= 0.6 is 0 Å². The number of nitrogens with one attached hydrogen (secondary N) is 2. The van der Waals surface area contributed by atoms with Gasteiger partial charge in [-0.15, -0.1) is 0 Å². The average Bonchev–Trinajstić information content (AvgIpc) is 2.95. The highest BCUT2D eigenvalue weighted by atomic mass is 19.4. The number of anilines is 2. The summed E-state index contributed by atoms with van der Waals surface area (Å²) >= 11 is 0. The molecule has 1 aromatic heterocycles. The zero-order chi connectivity index (χ0) is 20.4. The number of hydrogen-bond acceptors (Lipinski definition) is 3. The number of rotatable bonds is 4. The van der Waals surface area contributed by atoms with Crippen molar-refractivity contribution in [2.75, 3.05) is 10.6 Å². The molecule has 0 aliphatic carbocycles. The molecule has 0 atom stereocenters. The molecule has 27 heavy (non-hydrogen) atoms. The maximum atomic E-state index is 13.2. The fourth-order valence-corrected chi connectivity index (χ4v) is 2.11. The van der Waals surface area contributed by atoms with Crippen LogP contribution in [0.5, 0.6) is 0 Å². The lowest BCUT2D eigenvalue weighted by Gasteiger charge is -2.15. The van der Waals surface area contributed by atoms with E-state index in [4.69, 9.17) is 0 Å². The van der Waals surface area contributed by atoms with Gasteiger partial charge in [0, 0.05) is 18.8 Å². The first kappa shape index (κ1) is 20.3. The largest absolute Gasteiger partial charge is 0.435 e. The molecule has 2 amide bonds. The van der Waals surface area contributed by atoms with Gasteiger partial charge >= 0.3 is 12.4 Å². The summed E-state index contributed by atoms with van der Waals surface area (Å²) in [5, 5.41) is 7.30. The molecule has 6 nitrogen and oxygen atoms in total. The van der Waals surface area contributed by atoms with E-state index in [0.29, 0.717) is 16.8 Å². The van der Waals surface area contributed by atoms with Crippen molar-refractivity contribution in [2.45, 2.75) is 25.8 Å². The van der Waals surface area contributed by atoms with Gasteiger partial charge < -0.3 is 10.6 Å². The number of carbonyl (C=O) groups excluding carboxylic acids is 2. The molecule has 0 spiro atoms. The SMILES string of the molecule is CC(=O)Nc1ccc(NC(=O)Cn2ccc(C(F)(F)F)n2)c(C(F)(F)F)c1. The molecular formula is C15H12F6N4O2. The van der Waals surface area contributed by atoms with Crippen molar-refractivity contribution >= 4 is 23.2 Å². The standard InChI is InChI=1S/C15H12F6N4O2/c1-8(26)22-9-2-3-11(10(6-9)14(16,17)18)23-13(27)7-25-5-4-12(24-25)15(19,20)21/h2-6H,7H2,1H3,(H,22,26)(H,23,27). The van der Waals surface area contributed by atoms with Crippen LogP contribution in [0.4, 0.5) is 37.7 Å². The fourth-order valence-electron chi connectivity index (χ4n) is 2.11. The van der Waals surface area contributed by atoms with E-state index >= 15 is 0 Å². The van der Waals surface area contributed by atoms with Gasteiger partial charge in [-0.3, -0.25) is 14.3 Å². The number of carbonyl (C=O) groups is 2. The number of nitrogens with zero attached hydrogens (tertiary/aromatic N) is 2. The van der Waals surface area contributed by atoms with E-state index in [-0.39, 0.29) is 5.69 Å². The van der Waals surface area contributed by atoms with Crippen LogP contribution in [-0.4, -0.2) is 21.6 Å². The minimum absolute atomic E-state index is 0.130. The summed E-state index contributed by atoms with van der Waals surface area (Å²) in [6, 6.07) is 3.33. The smallest absolute Gasteiger partial charge is 0.326 e. The molecule has 0 fully saturated rings. The summed E-state index contributed by atoms with van der Waals surface area (Å²) in [5.74, 6) is -1.59. The molecular weight excluding hydrogens is 382 g/mol. The van der Waals surface area contributed by atoms with Crippen molar-refractivity contribution in [3.63, 3.8) is 0 Å². The first-order valence-corrected chi connectivity index (χ1v) is 7.25. The summed E-state index contributed by atoms with van der Waals surface area (Å²) in [4.78, 5) is 22.9. The van der Waals surface area contributed by atoms with Gasteiger partial charge in [0.15, 0.2) is 5.69 Å². The molecule has 0 unspecified atom stereocenters. The average molecular weight is 394 g/mol. The molecule has 0 saturated heterocycles. The number of alkyl halides is 6. The molecule has 2 N–H and O–H groups in total. The summed E-state index contributed by atoms with van der Waals surface area (Å²) < 4.78 is 77.6. The molecule has 0 saturated carbocycles. The van der Waals surface area contributed by atoms with E-state index in [1.54, 1.807) is 0 Å². The molecule has 12 heteroatoms. The molecule has 2 rings (SSSR count). The summed E-state index contributed by atoms with van der Waals surface area (Å²) in [6.07, 6.45) is -8.66. The number of aromatic nitrogens is 2. The Bertz CT molecular complexity index is 857. The Labute approximate surface area is 148 Å². The monoisotopic (exact) mass is 394 g/mol. The third-order valence-electron chi connectivity index (χ3n) is 3.16. The van der Waals surface area contributed by atoms with Crippen LogP contribution in [-0.2, 0) is 28.5 Å². The first-order valence-electron chi connectivity index (χ1n) is 7.25. The van der Waals surface area contributed by atoms with Crippen LogP contribution < -0.4 is 10.6 Å². The topological polar surface area (TPSA) is 76.0 Å². The second-order valence-corrected chi connectivity index (χ2v) is 5.38. The van der Waals surface area contributed by atoms with Crippen molar-refractivity contribution in [3.8, 4) is 0 Å². The van der Waals surface area contributed by atoms with Gasteiger partial charge in [0.25, 0.3) is 0 Å². The molecule has 0 radical (unpaired) electrons. The lowest BCUT2D eigenvalue weighted by Crippen LogP contribution is -2.22. The Morgan fingerprint density at radius 1 is 1.04 bits per heavy atom. The van der Waals surface area contributed by atoms with E-state index < -0.39 is 47.7 Å². The van der Waals surface area contributed by atoms with E-state index in [0.717, 1.165) is 25.3 Å². The van der Waals surface area contributed by atoms with Crippen LogP contribution in [0.1, 0.15) is 18.2 Å². The van der Waals surface area contributed by atoms with E-state index in [9.17, 15) is 35.9 Å². The fraction of sp³-hybridized carbons (Fsp3) is 0.267. The van der Waals surface area contributed by atoms with Gasteiger partial charge in [-0.25, -0.2) is 0 Å². The summed E-state index contributed by atoms with van der Waals surface area (Å²) in [5.41, 5.74) is -3.19. The van der Waals surface area contributed by atoms with Crippen molar-refractivity contribution in [1.29, 1.82) is 0 Å². The predicted molar refractivity (Wildman–Crippen MR) is 81.6 cm³/mol. The lowest BCUT2D eigenvalue weighted by atomic mass is 10.1. The Kier molecular flexibility index (Phi) is 5.47. The molecule has 0 aliphatic rings. The van der Waals surface area contributed by atoms with Gasteiger partial charge in [0.05, 0.1) is 11.3 Å². The Morgan fingerprint density at radius 3 is 2.22 bits per heavy atom. The Morgan fingerprint density at radius 2 is 1.70 bits per heavy atom. The molecule has 2 aromatic rings. The highest BCUT2D eigenvalue weighted by molar-refractivity contribution is 5.93. The second kappa shape index (κ2) is 7.29. The third-order valence-corrected chi connectivity index (χ3v) is 3.16. The lowest BCUT2D eigenvalue weighted by molar-refractivity contribution is -0.141. The molecule has 1 heterocycles. The quantitative estimate of drug-likeness (QED) is 0.780. The van der Waals surface area contributed by atoms with Crippen molar-refractivity contribution in [3.05, 3.63) is 41.7 Å². The van der Waals surface area contributed by atoms with E-state index in [2.05, 4.69) is 10.4 Å². The minimum atomic E-state index is -4.84. The maximum absolute atomic E-state index is 13.2. The number of hydrogen-bond donors (Lipinski definition) is 2. The number of halogens is 6. The summed E-state index contributed by atoms with van der Waals surface area (Å²) in [7, 11) is 0. The van der Waals surface area contributed by atoms with Gasteiger partial charge in [-0.2, -0.15) is 31.4 Å². The highest BCUT2D eigenvalue weighted by Crippen LogP contribution is 2.36. The predicted octanol–water partition coefficient (Wildman–Crippen LogP) is 3.52. The van der Waals surface area contributed by atoms with Gasteiger partial charge in [0.1, 0.15) is 6.54 Å². The first-order chi connectivity index (χ1) is 12.4. The van der Waals surface area contributed by atoms with E-state index in [1.807, 2.05) is 5.32 Å². The maximum Gasteiger partial charge on any atom is 0.435 e. The van der Waals surface area contributed by atoms with Gasteiger partial charge in [0.2, 0.25) is 11.8 Å². The van der Waals surface area contributed by atoms with Crippen LogP contribution in [0.3, 0.4) is 0 Å². The highest BCUT2D eigenvalue weighted by Gasteiger charge is 2.35. The van der Waals surface area contributed by atoms with Crippen LogP contribution in [0.15, 0.2) is 30.5 Å². The van der Waals surface area contributed by atoms with Gasteiger partial charge in [-0.05, 0) is 24.3 Å². The van der Waals surface area contributed by atoms with E-state index in [1.165, 1.54) is 0 Å². The molecule has 0 aliphatic heterocycles. The number of amides is 2. The second-order valence-electron chi connectivity index (χ2n) is 5.38. The normalized spacial score (nSPS) is 12.0. The Hall–Kier alpha value is -3.05. The zero-order valence-corrected chi connectivity index (χ0v) is 13.6.